The first kappa shape index (κ1) is 14.9. The number of aryl methyl sites for hydroxylation is 3. The summed E-state index contributed by atoms with van der Waals surface area (Å²) in [5.41, 5.74) is 2.34. The highest BCUT2D eigenvalue weighted by Gasteiger charge is 2.06. The Bertz CT molecular complexity index is 543. The predicted molar refractivity (Wildman–Crippen MR) is 85.4 cm³/mol. The van der Waals surface area contributed by atoms with Crippen LogP contribution in [-0.2, 0) is 13.0 Å². The normalized spacial score (nSPS) is 11.1. The quantitative estimate of drug-likeness (QED) is 0.866. The van der Waals surface area contributed by atoms with E-state index in [9.17, 15) is 0 Å². The lowest BCUT2D eigenvalue weighted by molar-refractivity contribution is 0.660. The second kappa shape index (κ2) is 6.80. The molecular formula is C16H22ClN3. The van der Waals surface area contributed by atoms with Crippen molar-refractivity contribution in [1.82, 2.24) is 9.55 Å². The summed E-state index contributed by atoms with van der Waals surface area (Å²) in [7, 11) is 0. The van der Waals surface area contributed by atoms with Gasteiger partial charge in [-0.15, -0.1) is 0 Å². The van der Waals surface area contributed by atoms with E-state index in [1.54, 1.807) is 0 Å². The number of benzene rings is 1. The fourth-order valence-corrected chi connectivity index (χ4v) is 2.18. The van der Waals surface area contributed by atoms with Gasteiger partial charge in [0.2, 0.25) is 5.95 Å². The lowest BCUT2D eigenvalue weighted by Crippen LogP contribution is -2.13. The van der Waals surface area contributed by atoms with Gasteiger partial charge in [-0.3, -0.25) is 0 Å². The third kappa shape index (κ3) is 4.27. The number of aromatic nitrogens is 2. The molecule has 3 nitrogen and oxygen atoms in total. The molecule has 0 unspecified atom stereocenters. The molecule has 1 aromatic heterocycles. The summed E-state index contributed by atoms with van der Waals surface area (Å²) in [4.78, 5) is 4.54. The first-order valence-electron chi connectivity index (χ1n) is 7.06. The van der Waals surface area contributed by atoms with Gasteiger partial charge in [-0.25, -0.2) is 4.98 Å². The standard InChI is InChI=1S/C16H22ClN3/c1-12(2)10-18-16-19-13(3)11-20(16)9-8-14-4-6-15(17)7-5-14/h4-7,11-12H,8-10H2,1-3H3,(H,18,19). The van der Waals surface area contributed by atoms with E-state index in [-0.39, 0.29) is 0 Å². The van der Waals surface area contributed by atoms with Crippen molar-refractivity contribution in [3.05, 3.63) is 46.7 Å². The van der Waals surface area contributed by atoms with Gasteiger partial charge in [0, 0.05) is 24.3 Å². The molecule has 0 amide bonds. The van der Waals surface area contributed by atoms with Gasteiger partial charge < -0.3 is 9.88 Å². The van der Waals surface area contributed by atoms with Gasteiger partial charge in [-0.2, -0.15) is 0 Å². The maximum atomic E-state index is 5.90. The maximum absolute atomic E-state index is 5.90. The Labute approximate surface area is 126 Å². The summed E-state index contributed by atoms with van der Waals surface area (Å²) in [6.45, 7) is 8.28. The van der Waals surface area contributed by atoms with Crippen LogP contribution in [0.2, 0.25) is 5.02 Å². The first-order valence-corrected chi connectivity index (χ1v) is 7.44. The number of hydrogen-bond donors (Lipinski definition) is 1. The lowest BCUT2D eigenvalue weighted by Gasteiger charge is -2.11. The van der Waals surface area contributed by atoms with Crippen LogP contribution in [0.3, 0.4) is 0 Å². The van der Waals surface area contributed by atoms with Crippen LogP contribution in [0, 0.1) is 12.8 Å². The van der Waals surface area contributed by atoms with Crippen LogP contribution in [0.4, 0.5) is 5.95 Å². The van der Waals surface area contributed by atoms with Crippen molar-refractivity contribution in [2.75, 3.05) is 11.9 Å². The average Bonchev–Trinajstić information content (AvgIpc) is 2.76. The molecule has 2 rings (SSSR count). The topological polar surface area (TPSA) is 29.9 Å². The van der Waals surface area contributed by atoms with Crippen molar-refractivity contribution in [3.8, 4) is 0 Å². The summed E-state index contributed by atoms with van der Waals surface area (Å²) >= 11 is 5.90. The summed E-state index contributed by atoms with van der Waals surface area (Å²) < 4.78 is 2.19. The summed E-state index contributed by atoms with van der Waals surface area (Å²) in [6, 6.07) is 8.03. The van der Waals surface area contributed by atoms with Gasteiger partial charge in [0.15, 0.2) is 0 Å². The van der Waals surface area contributed by atoms with Crippen LogP contribution >= 0.6 is 11.6 Å². The largest absolute Gasteiger partial charge is 0.355 e. The molecule has 2 aromatic rings. The monoisotopic (exact) mass is 291 g/mol. The highest BCUT2D eigenvalue weighted by atomic mass is 35.5. The molecule has 0 aliphatic carbocycles. The smallest absolute Gasteiger partial charge is 0.203 e. The Morgan fingerprint density at radius 3 is 2.60 bits per heavy atom. The van der Waals surface area contributed by atoms with Gasteiger partial charge in [0.1, 0.15) is 0 Å². The summed E-state index contributed by atoms with van der Waals surface area (Å²) in [5.74, 6) is 1.57. The third-order valence-corrected chi connectivity index (χ3v) is 3.37. The van der Waals surface area contributed by atoms with Gasteiger partial charge in [0.05, 0.1) is 5.69 Å². The minimum atomic E-state index is 0.608. The van der Waals surface area contributed by atoms with Crippen molar-refractivity contribution < 1.29 is 0 Å². The number of nitrogens with one attached hydrogen (secondary N) is 1. The molecule has 108 valence electrons. The maximum Gasteiger partial charge on any atom is 0.203 e. The van der Waals surface area contributed by atoms with Crippen LogP contribution in [0.25, 0.3) is 0 Å². The molecule has 0 saturated carbocycles. The summed E-state index contributed by atoms with van der Waals surface area (Å²) in [6.07, 6.45) is 3.07. The predicted octanol–water partition coefficient (Wildman–Crippen LogP) is 4.16. The van der Waals surface area contributed by atoms with Crippen molar-refractivity contribution in [2.45, 2.75) is 33.7 Å². The highest BCUT2D eigenvalue weighted by Crippen LogP contribution is 2.13. The van der Waals surface area contributed by atoms with Gasteiger partial charge >= 0.3 is 0 Å². The Morgan fingerprint density at radius 2 is 1.95 bits per heavy atom. The van der Waals surface area contributed by atoms with E-state index in [0.29, 0.717) is 5.92 Å². The SMILES string of the molecule is Cc1cn(CCc2ccc(Cl)cc2)c(NCC(C)C)n1. The molecule has 4 heteroatoms. The van der Waals surface area contributed by atoms with Crippen molar-refractivity contribution in [1.29, 1.82) is 0 Å². The molecule has 0 aliphatic heterocycles. The molecule has 0 atom stereocenters. The van der Waals surface area contributed by atoms with E-state index in [4.69, 9.17) is 11.6 Å². The minimum absolute atomic E-state index is 0.608. The Morgan fingerprint density at radius 1 is 1.25 bits per heavy atom. The minimum Gasteiger partial charge on any atom is -0.355 e. The molecule has 0 aliphatic rings. The van der Waals surface area contributed by atoms with E-state index in [1.165, 1.54) is 5.56 Å². The second-order valence-electron chi connectivity index (χ2n) is 5.55. The van der Waals surface area contributed by atoms with Crippen LogP contribution in [0.15, 0.2) is 30.5 Å². The molecule has 0 bridgehead atoms. The van der Waals surface area contributed by atoms with E-state index in [2.05, 4.69) is 47.0 Å². The summed E-state index contributed by atoms with van der Waals surface area (Å²) in [5, 5.41) is 4.19. The zero-order valence-corrected chi connectivity index (χ0v) is 13.1. The number of nitrogens with zero attached hydrogens (tertiary/aromatic N) is 2. The molecule has 0 fully saturated rings. The van der Waals surface area contributed by atoms with E-state index in [1.807, 2.05) is 19.1 Å². The third-order valence-electron chi connectivity index (χ3n) is 3.12. The van der Waals surface area contributed by atoms with Crippen LogP contribution < -0.4 is 5.32 Å². The number of hydrogen-bond acceptors (Lipinski definition) is 2. The molecule has 1 aromatic carbocycles. The molecule has 0 radical (unpaired) electrons. The zero-order valence-electron chi connectivity index (χ0n) is 12.4. The molecule has 20 heavy (non-hydrogen) atoms. The van der Waals surface area contributed by atoms with Crippen molar-refractivity contribution in [2.24, 2.45) is 5.92 Å². The molecule has 0 spiro atoms. The van der Waals surface area contributed by atoms with Crippen LogP contribution in [0.5, 0.6) is 0 Å². The van der Waals surface area contributed by atoms with Crippen molar-refractivity contribution in [3.63, 3.8) is 0 Å². The number of anilines is 1. The van der Waals surface area contributed by atoms with Gasteiger partial charge in [0.25, 0.3) is 0 Å². The lowest BCUT2D eigenvalue weighted by atomic mass is 10.1. The first-order chi connectivity index (χ1) is 9.54. The van der Waals surface area contributed by atoms with Crippen LogP contribution in [-0.4, -0.2) is 16.1 Å². The zero-order chi connectivity index (χ0) is 14.5. The van der Waals surface area contributed by atoms with E-state index < -0.39 is 0 Å². The number of rotatable bonds is 6. The Hall–Kier alpha value is -1.48. The van der Waals surface area contributed by atoms with Crippen LogP contribution in [0.1, 0.15) is 25.1 Å². The number of imidazole rings is 1. The fraction of sp³-hybridized carbons (Fsp3) is 0.438. The molecular weight excluding hydrogens is 270 g/mol. The molecule has 1 heterocycles. The van der Waals surface area contributed by atoms with E-state index in [0.717, 1.165) is 36.2 Å². The highest BCUT2D eigenvalue weighted by molar-refractivity contribution is 6.30. The second-order valence-corrected chi connectivity index (χ2v) is 5.99. The molecule has 1 N–H and O–H groups in total. The Kier molecular flexibility index (Phi) is 5.07. The average molecular weight is 292 g/mol. The fourth-order valence-electron chi connectivity index (χ4n) is 2.05. The number of halogens is 1. The van der Waals surface area contributed by atoms with Gasteiger partial charge in [-0.1, -0.05) is 37.6 Å². The van der Waals surface area contributed by atoms with Gasteiger partial charge in [-0.05, 0) is 37.0 Å². The van der Waals surface area contributed by atoms with E-state index >= 15 is 0 Å². The molecule has 0 saturated heterocycles. The Balaban J connectivity index is 1.99. The van der Waals surface area contributed by atoms with Crippen molar-refractivity contribution >= 4 is 17.5 Å².